The first-order valence-corrected chi connectivity index (χ1v) is 11.3. The molecule has 4 rings (SSSR count). The van der Waals surface area contributed by atoms with Crippen LogP contribution < -0.4 is 5.32 Å². The van der Waals surface area contributed by atoms with E-state index in [4.69, 9.17) is 0 Å². The van der Waals surface area contributed by atoms with Gasteiger partial charge in [0.15, 0.2) is 0 Å². The Balaban J connectivity index is 1.27. The van der Waals surface area contributed by atoms with Crippen molar-refractivity contribution in [2.45, 2.75) is 19.3 Å². The zero-order chi connectivity index (χ0) is 20.9. The van der Waals surface area contributed by atoms with Gasteiger partial charge in [-0.05, 0) is 53.0 Å². The summed E-state index contributed by atoms with van der Waals surface area (Å²) >= 11 is 4.82. The molecule has 1 N–H and O–H groups in total. The molecule has 1 aliphatic heterocycles. The van der Waals surface area contributed by atoms with Crippen molar-refractivity contribution in [3.63, 3.8) is 0 Å². The van der Waals surface area contributed by atoms with Crippen LogP contribution in [0.1, 0.15) is 18.5 Å². The summed E-state index contributed by atoms with van der Waals surface area (Å²) in [5, 5.41) is 5.58. The Morgan fingerprint density at radius 3 is 2.70 bits per heavy atom. The van der Waals surface area contributed by atoms with Crippen LogP contribution in [-0.2, 0) is 16.0 Å². The van der Waals surface area contributed by atoms with E-state index in [0.717, 1.165) is 20.9 Å². The summed E-state index contributed by atoms with van der Waals surface area (Å²) < 4.78 is 0.861. The zero-order valence-corrected chi connectivity index (χ0v) is 18.5. The lowest BCUT2D eigenvalue weighted by atomic mass is 9.95. The zero-order valence-electron chi connectivity index (χ0n) is 16.1. The second kappa shape index (κ2) is 9.44. The fraction of sp³-hybridized carbons (Fsp3) is 0.286. The average Bonchev–Trinajstić information content (AvgIpc) is 3.24. The molecular weight excluding hydrogens is 466 g/mol. The van der Waals surface area contributed by atoms with E-state index in [1.807, 2.05) is 34.5 Å². The van der Waals surface area contributed by atoms with E-state index in [0.29, 0.717) is 31.7 Å². The summed E-state index contributed by atoms with van der Waals surface area (Å²) in [6.07, 6.45) is 4.93. The Morgan fingerprint density at radius 2 is 2.00 bits per heavy atom. The highest BCUT2D eigenvalue weighted by Gasteiger charge is 2.28. The molecule has 1 saturated heterocycles. The molecule has 0 spiro atoms. The number of anilines is 1. The molecule has 4 heterocycles. The molecule has 2 amide bonds. The van der Waals surface area contributed by atoms with Gasteiger partial charge in [0.2, 0.25) is 11.8 Å². The largest absolute Gasteiger partial charge is 0.342 e. The first kappa shape index (κ1) is 20.6. The molecule has 30 heavy (non-hydrogen) atoms. The Kier molecular flexibility index (Phi) is 6.49. The average molecular weight is 486 g/mol. The van der Waals surface area contributed by atoms with E-state index in [9.17, 15) is 9.59 Å². The van der Waals surface area contributed by atoms with Gasteiger partial charge in [0.25, 0.3) is 0 Å². The van der Waals surface area contributed by atoms with Crippen LogP contribution >= 0.6 is 27.3 Å². The number of pyridine rings is 2. The molecule has 1 aliphatic rings. The van der Waals surface area contributed by atoms with Crippen molar-refractivity contribution in [2.75, 3.05) is 18.4 Å². The van der Waals surface area contributed by atoms with Crippen molar-refractivity contribution in [1.82, 2.24) is 19.9 Å². The first-order valence-electron chi connectivity index (χ1n) is 9.64. The Labute approximate surface area is 186 Å². The number of aromatic nitrogens is 3. The number of likely N-dealkylation sites (tertiary alicyclic amines) is 1. The van der Waals surface area contributed by atoms with Crippen LogP contribution in [0.5, 0.6) is 0 Å². The van der Waals surface area contributed by atoms with Crippen LogP contribution in [0.4, 0.5) is 5.82 Å². The van der Waals surface area contributed by atoms with Gasteiger partial charge in [0.05, 0.1) is 17.8 Å². The number of rotatable bonds is 5. The van der Waals surface area contributed by atoms with E-state index in [1.54, 1.807) is 18.5 Å². The SMILES string of the molecule is O=C(Nc1ccc(Br)cn1)C1CCN(C(=O)Cc2csc(-c3ccccn3)n2)CC1. The van der Waals surface area contributed by atoms with Crippen LogP contribution in [0.3, 0.4) is 0 Å². The minimum atomic E-state index is -0.116. The maximum atomic E-state index is 12.7. The molecule has 3 aromatic rings. The van der Waals surface area contributed by atoms with E-state index in [1.165, 1.54) is 11.3 Å². The second-order valence-electron chi connectivity index (χ2n) is 7.04. The van der Waals surface area contributed by atoms with Crippen molar-refractivity contribution in [3.05, 3.63) is 58.3 Å². The molecule has 7 nitrogen and oxygen atoms in total. The summed E-state index contributed by atoms with van der Waals surface area (Å²) in [5.41, 5.74) is 1.57. The van der Waals surface area contributed by atoms with Crippen molar-refractivity contribution in [3.8, 4) is 10.7 Å². The minimum Gasteiger partial charge on any atom is -0.342 e. The summed E-state index contributed by atoms with van der Waals surface area (Å²) in [6.45, 7) is 1.14. The van der Waals surface area contributed by atoms with Gasteiger partial charge < -0.3 is 10.2 Å². The van der Waals surface area contributed by atoms with Crippen LogP contribution in [0, 0.1) is 5.92 Å². The molecule has 0 aliphatic carbocycles. The predicted octanol–water partition coefficient (Wildman–Crippen LogP) is 3.78. The number of carbonyl (C=O) groups is 2. The van der Waals surface area contributed by atoms with Crippen molar-refractivity contribution < 1.29 is 9.59 Å². The van der Waals surface area contributed by atoms with Gasteiger partial charge in [-0.1, -0.05) is 6.07 Å². The third kappa shape index (κ3) is 5.09. The summed E-state index contributed by atoms with van der Waals surface area (Å²) in [6, 6.07) is 9.28. The highest BCUT2D eigenvalue weighted by Crippen LogP contribution is 2.23. The summed E-state index contributed by atoms with van der Waals surface area (Å²) in [4.78, 5) is 40.0. The molecule has 9 heteroatoms. The molecule has 0 bridgehead atoms. The minimum absolute atomic E-state index is 0.0429. The molecule has 154 valence electrons. The van der Waals surface area contributed by atoms with Gasteiger partial charge in [0, 0.05) is 41.3 Å². The van der Waals surface area contributed by atoms with Crippen LogP contribution in [0.2, 0.25) is 0 Å². The fourth-order valence-electron chi connectivity index (χ4n) is 3.33. The number of piperidine rings is 1. The van der Waals surface area contributed by atoms with Crippen LogP contribution in [0.25, 0.3) is 10.7 Å². The number of carbonyl (C=O) groups excluding carboxylic acids is 2. The predicted molar refractivity (Wildman–Crippen MR) is 119 cm³/mol. The monoisotopic (exact) mass is 485 g/mol. The van der Waals surface area contributed by atoms with Gasteiger partial charge in [-0.15, -0.1) is 11.3 Å². The molecule has 0 unspecified atom stereocenters. The molecule has 0 radical (unpaired) electrons. The van der Waals surface area contributed by atoms with E-state index in [-0.39, 0.29) is 24.2 Å². The smallest absolute Gasteiger partial charge is 0.228 e. The fourth-order valence-corrected chi connectivity index (χ4v) is 4.36. The third-order valence-corrected chi connectivity index (χ3v) is 6.35. The molecular formula is C21H20BrN5O2S. The molecule has 0 aromatic carbocycles. The topological polar surface area (TPSA) is 88.1 Å². The molecule has 0 atom stereocenters. The van der Waals surface area contributed by atoms with E-state index < -0.39 is 0 Å². The molecule has 3 aromatic heterocycles. The number of thiazole rings is 1. The first-order chi connectivity index (χ1) is 14.6. The number of nitrogens with zero attached hydrogens (tertiary/aromatic N) is 4. The molecule has 1 fully saturated rings. The highest BCUT2D eigenvalue weighted by molar-refractivity contribution is 9.10. The lowest BCUT2D eigenvalue weighted by Gasteiger charge is -2.31. The van der Waals surface area contributed by atoms with Gasteiger partial charge >= 0.3 is 0 Å². The van der Waals surface area contributed by atoms with Crippen molar-refractivity contribution in [1.29, 1.82) is 0 Å². The highest BCUT2D eigenvalue weighted by atomic mass is 79.9. The van der Waals surface area contributed by atoms with Crippen molar-refractivity contribution >= 4 is 44.9 Å². The number of hydrogen-bond donors (Lipinski definition) is 1. The van der Waals surface area contributed by atoms with Crippen LogP contribution in [-0.4, -0.2) is 44.8 Å². The Morgan fingerprint density at radius 1 is 1.17 bits per heavy atom. The maximum Gasteiger partial charge on any atom is 0.228 e. The number of nitrogens with one attached hydrogen (secondary N) is 1. The number of halogens is 1. The normalized spacial score (nSPS) is 14.5. The van der Waals surface area contributed by atoms with Gasteiger partial charge in [0.1, 0.15) is 10.8 Å². The Bertz CT molecular complexity index is 1020. The number of amides is 2. The van der Waals surface area contributed by atoms with Gasteiger partial charge in [-0.25, -0.2) is 9.97 Å². The standard InChI is InChI=1S/C21H20BrN5O2S/c22-15-4-5-18(24-12-15)26-20(29)14-6-9-27(10-7-14)19(28)11-16-13-30-21(25-16)17-3-1-2-8-23-17/h1-5,8,12-14H,6-7,9-11H2,(H,24,26,29). The molecule has 0 saturated carbocycles. The van der Waals surface area contributed by atoms with E-state index >= 15 is 0 Å². The van der Waals surface area contributed by atoms with E-state index in [2.05, 4.69) is 36.2 Å². The lowest BCUT2D eigenvalue weighted by Crippen LogP contribution is -2.42. The van der Waals surface area contributed by atoms with Gasteiger partial charge in [-0.3, -0.25) is 14.6 Å². The van der Waals surface area contributed by atoms with Crippen LogP contribution in [0.15, 0.2) is 52.6 Å². The lowest BCUT2D eigenvalue weighted by molar-refractivity contribution is -0.133. The van der Waals surface area contributed by atoms with Gasteiger partial charge in [-0.2, -0.15) is 0 Å². The second-order valence-corrected chi connectivity index (χ2v) is 8.82. The van der Waals surface area contributed by atoms with Crippen molar-refractivity contribution in [2.24, 2.45) is 5.92 Å². The Hall–Kier alpha value is -2.65. The third-order valence-electron chi connectivity index (χ3n) is 4.97. The number of hydrogen-bond acceptors (Lipinski definition) is 6. The maximum absolute atomic E-state index is 12.7. The summed E-state index contributed by atoms with van der Waals surface area (Å²) in [7, 11) is 0. The summed E-state index contributed by atoms with van der Waals surface area (Å²) in [5.74, 6) is 0.418. The quantitative estimate of drug-likeness (QED) is 0.593.